The summed E-state index contributed by atoms with van der Waals surface area (Å²) < 4.78 is 3.80. The summed E-state index contributed by atoms with van der Waals surface area (Å²) in [7, 11) is 1.81. The van der Waals surface area contributed by atoms with Gasteiger partial charge in [0, 0.05) is 84.6 Å². The number of fused-ring (bicyclic) bond motifs is 2. The first-order chi connectivity index (χ1) is 30.3. The minimum atomic E-state index is -1.32. The second-order valence-electron chi connectivity index (χ2n) is 17.1. The number of aryl methyl sites for hydroxylation is 3. The van der Waals surface area contributed by atoms with Crippen LogP contribution in [0.15, 0.2) is 72.9 Å². The van der Waals surface area contributed by atoms with Crippen LogP contribution >= 0.6 is 0 Å². The van der Waals surface area contributed by atoms with Gasteiger partial charge < -0.3 is 40.2 Å². The lowest BCUT2D eigenvalue weighted by atomic mass is 9.98. The van der Waals surface area contributed by atoms with Crippen LogP contribution in [0.2, 0.25) is 0 Å². The third-order valence-electron chi connectivity index (χ3n) is 13.3. The number of carbonyl (C=O) groups excluding carboxylic acids is 1. The van der Waals surface area contributed by atoms with Crippen LogP contribution < -0.4 is 20.4 Å². The van der Waals surface area contributed by atoms with Crippen LogP contribution in [0.1, 0.15) is 70.0 Å². The molecule has 6 N–H and O–H groups in total. The molecule has 0 radical (unpaired) electrons. The molecular weight excluding hydrogens is 795 g/mol. The summed E-state index contributed by atoms with van der Waals surface area (Å²) in [5.74, 6) is 0.166. The second kappa shape index (κ2) is 15.7. The Hall–Kier alpha value is -7.00. The molecule has 9 rings (SSSR count). The summed E-state index contributed by atoms with van der Waals surface area (Å²) in [4.78, 5) is 37.5. The molecule has 2 amide bonds. The van der Waals surface area contributed by atoms with Gasteiger partial charge >= 0.3 is 6.09 Å². The molecule has 3 aliphatic rings. The van der Waals surface area contributed by atoms with Crippen LogP contribution in [0, 0.1) is 37.5 Å². The van der Waals surface area contributed by atoms with Crippen molar-refractivity contribution < 1.29 is 19.8 Å². The van der Waals surface area contributed by atoms with Crippen molar-refractivity contribution in [2.45, 2.75) is 72.3 Å². The van der Waals surface area contributed by atoms with Crippen LogP contribution in [-0.2, 0) is 24.9 Å². The summed E-state index contributed by atoms with van der Waals surface area (Å²) in [6.07, 6.45) is 2.48. The van der Waals surface area contributed by atoms with E-state index in [2.05, 4.69) is 53.7 Å². The number of aliphatic hydroxyl groups excluding tert-OH is 1. The van der Waals surface area contributed by atoms with Crippen LogP contribution in [0.3, 0.4) is 0 Å². The molecule has 15 heteroatoms. The summed E-state index contributed by atoms with van der Waals surface area (Å²) in [5, 5.41) is 50.5. The van der Waals surface area contributed by atoms with Gasteiger partial charge in [-0.2, -0.15) is 5.10 Å². The van der Waals surface area contributed by atoms with Crippen LogP contribution in [0.4, 0.5) is 22.0 Å². The Morgan fingerprint density at radius 3 is 2.40 bits per heavy atom. The molecular formula is C48H53N11O4. The average Bonchev–Trinajstić information content (AvgIpc) is 3.52. The number of amidine groups is 1. The number of aliphatic hydroxyl groups is 1. The van der Waals surface area contributed by atoms with E-state index in [1.54, 1.807) is 0 Å². The first kappa shape index (κ1) is 41.4. The van der Waals surface area contributed by atoms with Gasteiger partial charge in [-0.3, -0.25) is 20.5 Å². The van der Waals surface area contributed by atoms with E-state index in [0.29, 0.717) is 49.6 Å². The van der Waals surface area contributed by atoms with Gasteiger partial charge in [-0.05, 0) is 122 Å². The van der Waals surface area contributed by atoms with Gasteiger partial charge in [0.05, 0.1) is 17.9 Å². The largest absolute Gasteiger partial charge is 0.465 e. The quantitative estimate of drug-likeness (QED) is 0.0612. The van der Waals surface area contributed by atoms with Crippen molar-refractivity contribution in [1.29, 1.82) is 10.8 Å². The average molecular weight is 848 g/mol. The Labute approximate surface area is 366 Å². The molecule has 3 atom stereocenters. The van der Waals surface area contributed by atoms with Gasteiger partial charge in [-0.15, -0.1) is 0 Å². The monoisotopic (exact) mass is 847 g/mol. The molecule has 324 valence electrons. The highest BCUT2D eigenvalue weighted by atomic mass is 16.4. The molecule has 1 saturated carbocycles. The molecule has 2 aliphatic heterocycles. The lowest BCUT2D eigenvalue weighted by Gasteiger charge is -2.32. The summed E-state index contributed by atoms with van der Waals surface area (Å²) >= 11 is 0. The first-order valence-corrected chi connectivity index (χ1v) is 21.5. The number of nitrogens with one attached hydrogen (secondary N) is 4. The standard InChI is InChI=1S/C48H53N11O4/c1-7-38-30(5)36(12-14-52-38)31-8-11-41-32(21-31)23-42(58(41)48(24-29(48)4)45(50)53-46(61)62)44(60)55-15-13-40-37(26-55)43(59(54-40)35-19-27(2)18-28(3)20-35)57-17-16-56(47(57)63)34-9-10-39(51-6)33(22-34)25-49/h8-12,14,18-23,25,29,47,49,51,63H,7,13,15-17,24,26H2,1-6H3,(H2,50,53)(H,61,62)/t29-,47?,48-/m0/s1. The van der Waals surface area contributed by atoms with Crippen molar-refractivity contribution in [3.63, 3.8) is 0 Å². The molecule has 1 saturated heterocycles. The Morgan fingerprint density at radius 1 is 0.968 bits per heavy atom. The Kier molecular flexibility index (Phi) is 10.3. The number of hydrogen-bond acceptors (Lipinski definition) is 10. The molecule has 0 spiro atoms. The van der Waals surface area contributed by atoms with Crippen molar-refractivity contribution in [3.05, 3.63) is 118 Å². The fraction of sp³-hybridized carbons (Fsp3) is 0.333. The highest BCUT2D eigenvalue weighted by Gasteiger charge is 2.59. The predicted octanol–water partition coefficient (Wildman–Crippen LogP) is 7.20. The highest BCUT2D eigenvalue weighted by Crippen LogP contribution is 2.53. The van der Waals surface area contributed by atoms with E-state index in [1.165, 1.54) is 6.21 Å². The van der Waals surface area contributed by atoms with E-state index >= 15 is 4.79 Å². The highest BCUT2D eigenvalue weighted by molar-refractivity contribution is 6.05. The number of carbonyl (C=O) groups is 2. The van der Waals surface area contributed by atoms with Crippen molar-refractivity contribution in [2.24, 2.45) is 5.92 Å². The number of rotatable bonds is 10. The normalized spacial score (nSPS) is 19.3. The maximum atomic E-state index is 15.3. The van der Waals surface area contributed by atoms with Gasteiger partial charge in [0.2, 0.25) is 6.35 Å². The molecule has 5 heterocycles. The maximum Gasteiger partial charge on any atom is 0.410 e. The number of benzene rings is 3. The molecule has 63 heavy (non-hydrogen) atoms. The zero-order chi connectivity index (χ0) is 44.5. The molecule has 6 aromatic rings. The molecule has 0 bridgehead atoms. The molecule has 15 nitrogen and oxygen atoms in total. The number of pyridine rings is 1. The number of nitrogens with zero attached hydrogens (tertiary/aromatic N) is 7. The van der Waals surface area contributed by atoms with E-state index in [-0.39, 0.29) is 24.2 Å². The third kappa shape index (κ3) is 6.87. The molecule has 3 aromatic carbocycles. The van der Waals surface area contributed by atoms with Crippen LogP contribution in [0.5, 0.6) is 0 Å². The Balaban J connectivity index is 1.14. The number of hydrogen-bond donors (Lipinski definition) is 6. The van der Waals surface area contributed by atoms with E-state index in [9.17, 15) is 15.0 Å². The van der Waals surface area contributed by atoms with Gasteiger partial charge in [0.25, 0.3) is 5.91 Å². The number of aromatic nitrogens is 4. The SMILES string of the molecule is CCc1nccc(-c2ccc3c(c2)cc(C(=O)N2CCc4nn(-c5cc(C)cc(C)c5)c(N5CCN(c6ccc(NC)c(C=N)c6)C5O)c4C2)n3[C@@]2(C(=N)NC(=O)O)C[C@@H]2C)c1C. The van der Waals surface area contributed by atoms with Gasteiger partial charge in [0.1, 0.15) is 22.9 Å². The fourth-order valence-corrected chi connectivity index (χ4v) is 10.0. The topological polar surface area (TPSA) is 192 Å². The van der Waals surface area contributed by atoms with E-state index in [4.69, 9.17) is 15.9 Å². The Bertz CT molecular complexity index is 2840. The van der Waals surface area contributed by atoms with Crippen LogP contribution in [0.25, 0.3) is 27.7 Å². The maximum absolute atomic E-state index is 15.3. The van der Waals surface area contributed by atoms with Crippen molar-refractivity contribution in [1.82, 2.24) is 29.5 Å². The van der Waals surface area contributed by atoms with Gasteiger partial charge in [-0.25, -0.2) is 9.48 Å². The van der Waals surface area contributed by atoms with Gasteiger partial charge in [-0.1, -0.05) is 26.0 Å². The summed E-state index contributed by atoms with van der Waals surface area (Å²) in [6, 6.07) is 21.9. The minimum Gasteiger partial charge on any atom is -0.465 e. The zero-order valence-corrected chi connectivity index (χ0v) is 36.5. The van der Waals surface area contributed by atoms with Crippen molar-refractivity contribution in [3.8, 4) is 16.8 Å². The molecule has 2 fully saturated rings. The number of anilines is 3. The van der Waals surface area contributed by atoms with Crippen molar-refractivity contribution >= 4 is 52.1 Å². The molecule has 1 unspecified atom stereocenters. The lowest BCUT2D eigenvalue weighted by Crippen LogP contribution is -2.44. The number of carboxylic acid groups (broad SMARTS) is 1. The predicted molar refractivity (Wildman–Crippen MR) is 246 cm³/mol. The Morgan fingerprint density at radius 2 is 1.71 bits per heavy atom. The van der Waals surface area contributed by atoms with E-state index < -0.39 is 18.0 Å². The summed E-state index contributed by atoms with van der Waals surface area (Å²) in [5.41, 5.74) is 11.1. The van der Waals surface area contributed by atoms with Crippen LogP contribution in [-0.4, -0.2) is 91.5 Å². The molecule has 3 aromatic heterocycles. The van der Waals surface area contributed by atoms with Gasteiger partial charge in [0.15, 0.2) is 0 Å². The second-order valence-corrected chi connectivity index (χ2v) is 17.1. The van der Waals surface area contributed by atoms with E-state index in [0.717, 1.165) is 79.2 Å². The minimum absolute atomic E-state index is 0.118. The summed E-state index contributed by atoms with van der Waals surface area (Å²) in [6.45, 7) is 11.8. The fourth-order valence-electron chi connectivity index (χ4n) is 10.0. The van der Waals surface area contributed by atoms with Crippen molar-refractivity contribution in [2.75, 3.05) is 41.8 Å². The zero-order valence-electron chi connectivity index (χ0n) is 36.5. The smallest absolute Gasteiger partial charge is 0.410 e. The lowest BCUT2D eigenvalue weighted by molar-refractivity contribution is 0.0722. The third-order valence-corrected chi connectivity index (χ3v) is 13.3. The number of amides is 2. The van der Waals surface area contributed by atoms with E-state index in [1.807, 2.05) is 100 Å². The first-order valence-electron chi connectivity index (χ1n) is 21.5. The molecule has 1 aliphatic carbocycles.